The highest BCUT2D eigenvalue weighted by atomic mass is 19.4. The molecule has 0 spiro atoms. The summed E-state index contributed by atoms with van der Waals surface area (Å²) in [5.74, 6) is -2.56. The molecule has 0 saturated carbocycles. The number of hydrogen-bond donors (Lipinski definition) is 1. The molecule has 0 atom stereocenters. The summed E-state index contributed by atoms with van der Waals surface area (Å²) in [6, 6.07) is 12.2. The summed E-state index contributed by atoms with van der Waals surface area (Å²) in [4.78, 5) is 11.6. The van der Waals surface area contributed by atoms with E-state index < -0.39 is 17.9 Å². The van der Waals surface area contributed by atoms with Gasteiger partial charge < -0.3 is 9.84 Å². The fourth-order valence-corrected chi connectivity index (χ4v) is 1.68. The molecule has 0 radical (unpaired) electrons. The first kappa shape index (κ1) is 15.6. The SMILES string of the molecule is C=C(OC(=O)c1ccc(-c2ccc(O)cc2)cc1)C(F)(F)F. The van der Waals surface area contributed by atoms with Crippen molar-refractivity contribution in [1.82, 2.24) is 0 Å². The molecule has 114 valence electrons. The van der Waals surface area contributed by atoms with E-state index in [-0.39, 0.29) is 11.3 Å². The van der Waals surface area contributed by atoms with Crippen molar-refractivity contribution in [2.45, 2.75) is 6.18 Å². The molecule has 0 heterocycles. The minimum Gasteiger partial charge on any atom is -0.508 e. The zero-order valence-electron chi connectivity index (χ0n) is 11.2. The predicted molar refractivity (Wildman–Crippen MR) is 74.2 cm³/mol. The van der Waals surface area contributed by atoms with Crippen molar-refractivity contribution in [3.05, 3.63) is 66.4 Å². The monoisotopic (exact) mass is 308 g/mol. The number of ether oxygens (including phenoxy) is 1. The molecule has 2 rings (SSSR count). The minimum absolute atomic E-state index is 0.0204. The Hall–Kier alpha value is -2.76. The molecule has 2 aromatic carbocycles. The molecule has 0 amide bonds. The number of rotatable bonds is 3. The highest BCUT2D eigenvalue weighted by Crippen LogP contribution is 2.26. The summed E-state index contributed by atoms with van der Waals surface area (Å²) in [5.41, 5.74) is 1.51. The van der Waals surface area contributed by atoms with Gasteiger partial charge in [-0.3, -0.25) is 0 Å². The van der Waals surface area contributed by atoms with Crippen LogP contribution in [-0.2, 0) is 4.74 Å². The second-order valence-corrected chi connectivity index (χ2v) is 4.43. The Labute approximate surface area is 124 Å². The van der Waals surface area contributed by atoms with Crippen molar-refractivity contribution < 1.29 is 27.8 Å². The van der Waals surface area contributed by atoms with E-state index >= 15 is 0 Å². The molecule has 6 heteroatoms. The van der Waals surface area contributed by atoms with Crippen LogP contribution in [-0.4, -0.2) is 17.3 Å². The van der Waals surface area contributed by atoms with E-state index in [2.05, 4.69) is 11.3 Å². The molecular formula is C16H11F3O3. The molecule has 3 nitrogen and oxygen atoms in total. The van der Waals surface area contributed by atoms with Crippen molar-refractivity contribution in [2.24, 2.45) is 0 Å². The van der Waals surface area contributed by atoms with Crippen LogP contribution in [0.1, 0.15) is 10.4 Å². The van der Waals surface area contributed by atoms with E-state index in [0.717, 1.165) is 11.1 Å². The van der Waals surface area contributed by atoms with Crippen molar-refractivity contribution in [3.63, 3.8) is 0 Å². The van der Waals surface area contributed by atoms with Gasteiger partial charge in [-0.15, -0.1) is 0 Å². The molecule has 0 aliphatic heterocycles. The van der Waals surface area contributed by atoms with Gasteiger partial charge >= 0.3 is 12.1 Å². The van der Waals surface area contributed by atoms with Crippen LogP contribution in [0.5, 0.6) is 5.75 Å². The maximum atomic E-state index is 12.2. The number of esters is 1. The number of hydrogen-bond acceptors (Lipinski definition) is 3. The highest BCUT2D eigenvalue weighted by Gasteiger charge is 2.35. The molecule has 0 aromatic heterocycles. The van der Waals surface area contributed by atoms with Crippen LogP contribution in [0.4, 0.5) is 13.2 Å². The van der Waals surface area contributed by atoms with Gasteiger partial charge in [-0.1, -0.05) is 30.8 Å². The van der Waals surface area contributed by atoms with Gasteiger partial charge in [0.05, 0.1) is 5.56 Å². The Balaban J connectivity index is 2.13. The lowest BCUT2D eigenvalue weighted by Gasteiger charge is -2.10. The lowest BCUT2D eigenvalue weighted by Crippen LogP contribution is -2.17. The lowest BCUT2D eigenvalue weighted by atomic mass is 10.0. The number of alkyl halides is 3. The molecule has 0 aliphatic carbocycles. The lowest BCUT2D eigenvalue weighted by molar-refractivity contribution is -0.122. The summed E-state index contributed by atoms with van der Waals surface area (Å²) in [7, 11) is 0. The zero-order valence-corrected chi connectivity index (χ0v) is 11.2. The van der Waals surface area contributed by atoms with Crippen molar-refractivity contribution in [3.8, 4) is 16.9 Å². The number of carbonyl (C=O) groups excluding carboxylic acids is 1. The Morgan fingerprint density at radius 3 is 1.86 bits per heavy atom. The van der Waals surface area contributed by atoms with Gasteiger partial charge in [-0.05, 0) is 35.4 Å². The third kappa shape index (κ3) is 3.66. The number of benzene rings is 2. The number of allylic oxidation sites excluding steroid dienone is 1. The Morgan fingerprint density at radius 2 is 1.41 bits per heavy atom. The Morgan fingerprint density at radius 1 is 0.955 bits per heavy atom. The van der Waals surface area contributed by atoms with Crippen LogP contribution in [0.25, 0.3) is 11.1 Å². The minimum atomic E-state index is -4.78. The molecular weight excluding hydrogens is 297 g/mol. The topological polar surface area (TPSA) is 46.5 Å². The largest absolute Gasteiger partial charge is 0.508 e. The van der Waals surface area contributed by atoms with Gasteiger partial charge in [0, 0.05) is 0 Å². The molecule has 0 bridgehead atoms. The predicted octanol–water partition coefficient (Wildman–Crippen LogP) is 4.29. The van der Waals surface area contributed by atoms with Gasteiger partial charge in [-0.2, -0.15) is 13.2 Å². The second kappa shape index (κ2) is 5.93. The summed E-state index contributed by atoms with van der Waals surface area (Å²) in [6.45, 7) is 2.67. The smallest absolute Gasteiger partial charge is 0.449 e. The van der Waals surface area contributed by atoms with Gasteiger partial charge in [0.1, 0.15) is 5.75 Å². The Kier molecular flexibility index (Phi) is 4.21. The fourth-order valence-electron chi connectivity index (χ4n) is 1.68. The van der Waals surface area contributed by atoms with Crippen molar-refractivity contribution in [2.75, 3.05) is 0 Å². The summed E-state index contributed by atoms with van der Waals surface area (Å²) < 4.78 is 40.9. The van der Waals surface area contributed by atoms with Crippen LogP contribution in [0, 0.1) is 0 Å². The van der Waals surface area contributed by atoms with Crippen LogP contribution < -0.4 is 0 Å². The molecule has 2 aromatic rings. The number of halogens is 3. The molecule has 0 unspecified atom stereocenters. The summed E-state index contributed by atoms with van der Waals surface area (Å²) in [6.07, 6.45) is -4.78. The van der Waals surface area contributed by atoms with E-state index in [1.807, 2.05) is 0 Å². The third-order valence-corrected chi connectivity index (χ3v) is 2.85. The van der Waals surface area contributed by atoms with Crippen molar-refractivity contribution >= 4 is 5.97 Å². The molecule has 22 heavy (non-hydrogen) atoms. The summed E-state index contributed by atoms with van der Waals surface area (Å²) >= 11 is 0. The van der Waals surface area contributed by atoms with Gasteiger partial charge in [-0.25, -0.2) is 4.79 Å². The molecule has 0 fully saturated rings. The quantitative estimate of drug-likeness (QED) is 0.679. The van der Waals surface area contributed by atoms with Crippen molar-refractivity contribution in [1.29, 1.82) is 0 Å². The first-order chi connectivity index (χ1) is 10.3. The average molecular weight is 308 g/mol. The fraction of sp³-hybridized carbons (Fsp3) is 0.0625. The summed E-state index contributed by atoms with van der Waals surface area (Å²) in [5, 5.41) is 9.21. The van der Waals surface area contributed by atoms with Gasteiger partial charge in [0.15, 0.2) is 0 Å². The number of phenols is 1. The zero-order chi connectivity index (χ0) is 16.3. The maximum Gasteiger partial charge on any atom is 0.449 e. The van der Waals surface area contributed by atoms with E-state index in [0.29, 0.717) is 0 Å². The van der Waals surface area contributed by atoms with Crippen LogP contribution >= 0.6 is 0 Å². The third-order valence-electron chi connectivity index (χ3n) is 2.85. The Bertz CT molecular complexity index is 686. The van der Waals surface area contributed by atoms with Crippen LogP contribution in [0.15, 0.2) is 60.9 Å². The number of aromatic hydroxyl groups is 1. The molecule has 0 saturated heterocycles. The highest BCUT2D eigenvalue weighted by molar-refractivity contribution is 5.90. The number of phenolic OH excluding ortho intramolecular Hbond substituents is 1. The normalized spacial score (nSPS) is 11.0. The van der Waals surface area contributed by atoms with Crippen LogP contribution in [0.3, 0.4) is 0 Å². The first-order valence-corrected chi connectivity index (χ1v) is 6.15. The average Bonchev–Trinajstić information content (AvgIpc) is 2.47. The standard InChI is InChI=1S/C16H11F3O3/c1-10(16(17,18)19)22-15(21)13-4-2-11(3-5-13)12-6-8-14(20)9-7-12/h2-9,20H,1H2. The number of carbonyl (C=O) groups is 1. The van der Waals surface area contributed by atoms with E-state index in [1.54, 1.807) is 24.3 Å². The van der Waals surface area contributed by atoms with E-state index in [4.69, 9.17) is 0 Å². The second-order valence-electron chi connectivity index (χ2n) is 4.43. The van der Waals surface area contributed by atoms with Gasteiger partial charge in [0.25, 0.3) is 0 Å². The van der Waals surface area contributed by atoms with Crippen LogP contribution in [0.2, 0.25) is 0 Å². The van der Waals surface area contributed by atoms with E-state index in [9.17, 15) is 23.1 Å². The molecule has 1 N–H and O–H groups in total. The molecule has 0 aliphatic rings. The first-order valence-electron chi connectivity index (χ1n) is 6.15. The van der Waals surface area contributed by atoms with E-state index in [1.165, 1.54) is 24.3 Å². The van der Waals surface area contributed by atoms with Gasteiger partial charge in [0.2, 0.25) is 5.76 Å². The maximum absolute atomic E-state index is 12.2.